The van der Waals surface area contributed by atoms with Crippen molar-refractivity contribution in [3.8, 4) is 22.6 Å². The minimum Gasteiger partial charge on any atom is -0.338 e. The van der Waals surface area contributed by atoms with Gasteiger partial charge in [0.15, 0.2) is 5.82 Å². The summed E-state index contributed by atoms with van der Waals surface area (Å²) in [6.07, 6.45) is 8.08. The number of aromatic amines is 1. The van der Waals surface area contributed by atoms with Gasteiger partial charge in [-0.1, -0.05) is 30.3 Å². The van der Waals surface area contributed by atoms with Gasteiger partial charge in [0.2, 0.25) is 11.8 Å². The lowest BCUT2D eigenvalue weighted by atomic mass is 9.85. The van der Waals surface area contributed by atoms with Crippen molar-refractivity contribution in [2.45, 2.75) is 26.2 Å². The predicted octanol–water partition coefficient (Wildman–Crippen LogP) is 4.47. The number of amides is 2. The number of fused-ring (bicyclic) bond motifs is 1. The third-order valence-corrected chi connectivity index (χ3v) is 10.0. The highest BCUT2D eigenvalue weighted by molar-refractivity contribution is 6.03. The quantitative estimate of drug-likeness (QED) is 0.295. The number of nitrogens with zero attached hydrogens (tertiary/aromatic N) is 8. The predicted molar refractivity (Wildman–Crippen MR) is 180 cm³/mol. The molecule has 6 heterocycles. The highest BCUT2D eigenvalue weighted by Crippen LogP contribution is 2.43. The van der Waals surface area contributed by atoms with Gasteiger partial charge in [0.05, 0.1) is 17.5 Å². The molecule has 2 fully saturated rings. The van der Waals surface area contributed by atoms with E-state index in [1.807, 2.05) is 66.4 Å². The van der Waals surface area contributed by atoms with Crippen molar-refractivity contribution >= 4 is 34.0 Å². The van der Waals surface area contributed by atoms with E-state index in [2.05, 4.69) is 54.4 Å². The van der Waals surface area contributed by atoms with Gasteiger partial charge in [-0.25, -0.2) is 4.98 Å². The second kappa shape index (κ2) is 11.6. The van der Waals surface area contributed by atoms with Crippen LogP contribution < -0.4 is 4.90 Å². The summed E-state index contributed by atoms with van der Waals surface area (Å²) in [6.45, 7) is 5.64. The Balaban J connectivity index is 0.894. The normalized spacial score (nSPS) is 20.1. The molecule has 11 nitrogen and oxygen atoms in total. The number of hydrogen-bond acceptors (Lipinski definition) is 7. The highest BCUT2D eigenvalue weighted by atomic mass is 16.2. The molecule has 0 bridgehead atoms. The number of aromatic nitrogens is 6. The van der Waals surface area contributed by atoms with E-state index in [0.717, 1.165) is 70.5 Å². The van der Waals surface area contributed by atoms with Gasteiger partial charge in [-0.2, -0.15) is 10.2 Å². The first kappa shape index (κ1) is 29.3. The lowest BCUT2D eigenvalue weighted by Gasteiger charge is -2.29. The first-order valence-electron chi connectivity index (χ1n) is 16.2. The number of H-pyrrole nitrogens is 1. The molecule has 47 heavy (non-hydrogen) atoms. The molecule has 3 aromatic heterocycles. The number of carbonyl (C=O) groups excluding carboxylic acids is 2. The summed E-state index contributed by atoms with van der Waals surface area (Å²) >= 11 is 0. The second-order valence-corrected chi connectivity index (χ2v) is 13.1. The molecule has 2 aromatic carbocycles. The minimum absolute atomic E-state index is 0.125. The summed E-state index contributed by atoms with van der Waals surface area (Å²) in [4.78, 5) is 42.1. The molecule has 3 aliphatic heterocycles. The van der Waals surface area contributed by atoms with Crippen molar-refractivity contribution in [2.24, 2.45) is 12.5 Å². The number of rotatable bonds is 6. The standard InChI is InChI=1S/C36H37N9O2/c1-24-3-4-28(20-37-24)33-30-19-29(9-10-31(30)39-40-33)45-18-14-36(35(45)47)13-17-43(22-36)21-32(46)44-15-11-26(12-16-44)25-5-7-27(8-6-25)34-38-23-42(2)41-34/h3-11,19-20,23H,12-18,21-22H2,1-2H3,(H,39,40). The second-order valence-electron chi connectivity index (χ2n) is 13.1. The molecular formula is C36H37N9O2. The fraction of sp³-hybridized carbons (Fsp3) is 0.333. The summed E-state index contributed by atoms with van der Waals surface area (Å²) in [7, 11) is 1.86. The molecule has 238 valence electrons. The molecule has 1 N–H and O–H groups in total. The zero-order valence-corrected chi connectivity index (χ0v) is 26.7. The third-order valence-electron chi connectivity index (χ3n) is 10.0. The molecule has 5 aromatic rings. The summed E-state index contributed by atoms with van der Waals surface area (Å²) in [6, 6.07) is 18.4. The molecule has 0 radical (unpaired) electrons. The highest BCUT2D eigenvalue weighted by Gasteiger charge is 2.51. The van der Waals surface area contributed by atoms with Gasteiger partial charge in [0, 0.05) is 67.3 Å². The number of carbonyl (C=O) groups is 2. The maximum atomic E-state index is 14.0. The Morgan fingerprint density at radius 2 is 1.77 bits per heavy atom. The minimum atomic E-state index is -0.443. The van der Waals surface area contributed by atoms with Crippen LogP contribution in [-0.4, -0.2) is 90.8 Å². The lowest BCUT2D eigenvalue weighted by molar-refractivity contribution is -0.132. The Labute approximate surface area is 272 Å². The molecule has 0 saturated carbocycles. The van der Waals surface area contributed by atoms with Crippen LogP contribution in [0.1, 0.15) is 30.5 Å². The van der Waals surface area contributed by atoms with E-state index in [9.17, 15) is 9.59 Å². The summed E-state index contributed by atoms with van der Waals surface area (Å²) in [5.41, 5.74) is 7.49. The molecule has 8 rings (SSSR count). The van der Waals surface area contributed by atoms with Gasteiger partial charge < -0.3 is 9.80 Å². The summed E-state index contributed by atoms with van der Waals surface area (Å²) < 4.78 is 1.70. The Hall–Kier alpha value is -5.16. The van der Waals surface area contributed by atoms with Crippen LogP contribution in [0, 0.1) is 12.3 Å². The van der Waals surface area contributed by atoms with Crippen molar-refractivity contribution in [3.05, 3.63) is 84.5 Å². The van der Waals surface area contributed by atoms with Crippen LogP contribution in [0.4, 0.5) is 5.69 Å². The van der Waals surface area contributed by atoms with Crippen LogP contribution in [-0.2, 0) is 16.6 Å². The van der Waals surface area contributed by atoms with Gasteiger partial charge in [-0.15, -0.1) is 0 Å². The molecule has 1 atom stereocenters. The van der Waals surface area contributed by atoms with Gasteiger partial charge in [-0.05, 0) is 74.2 Å². The molecular weight excluding hydrogens is 590 g/mol. The molecule has 1 unspecified atom stereocenters. The van der Waals surface area contributed by atoms with Crippen molar-refractivity contribution in [1.29, 1.82) is 0 Å². The fourth-order valence-electron chi connectivity index (χ4n) is 7.29. The van der Waals surface area contributed by atoms with Crippen LogP contribution in [0.15, 0.2) is 73.2 Å². The molecule has 2 saturated heterocycles. The first-order valence-corrected chi connectivity index (χ1v) is 16.2. The molecule has 3 aliphatic rings. The van der Waals surface area contributed by atoms with Gasteiger partial charge >= 0.3 is 0 Å². The maximum absolute atomic E-state index is 14.0. The number of likely N-dealkylation sites (tertiary alicyclic amines) is 1. The van der Waals surface area contributed by atoms with Gasteiger partial charge in [-0.3, -0.25) is 29.3 Å². The van der Waals surface area contributed by atoms with Crippen LogP contribution >= 0.6 is 0 Å². The van der Waals surface area contributed by atoms with Gasteiger partial charge in [0.25, 0.3) is 0 Å². The zero-order chi connectivity index (χ0) is 32.1. The van der Waals surface area contributed by atoms with Crippen LogP contribution in [0.3, 0.4) is 0 Å². The van der Waals surface area contributed by atoms with E-state index in [-0.39, 0.29) is 11.8 Å². The van der Waals surface area contributed by atoms with E-state index in [0.29, 0.717) is 38.5 Å². The summed E-state index contributed by atoms with van der Waals surface area (Å²) in [5.74, 6) is 0.995. The average Bonchev–Trinajstić information content (AvgIpc) is 3.89. The Kier molecular flexibility index (Phi) is 7.20. The van der Waals surface area contributed by atoms with Crippen molar-refractivity contribution in [1.82, 2.24) is 39.7 Å². The monoisotopic (exact) mass is 627 g/mol. The van der Waals surface area contributed by atoms with E-state index >= 15 is 0 Å². The number of benzene rings is 2. The van der Waals surface area contributed by atoms with Crippen LogP contribution in [0.25, 0.3) is 39.1 Å². The Bertz CT molecular complexity index is 2010. The Morgan fingerprint density at radius 1 is 0.957 bits per heavy atom. The Morgan fingerprint density at radius 3 is 2.51 bits per heavy atom. The van der Waals surface area contributed by atoms with E-state index in [1.165, 1.54) is 5.57 Å². The zero-order valence-electron chi connectivity index (χ0n) is 26.7. The number of anilines is 1. The molecule has 2 amide bonds. The van der Waals surface area contributed by atoms with Crippen molar-refractivity contribution in [2.75, 3.05) is 44.2 Å². The SMILES string of the molecule is Cc1ccc(-c2n[nH]c3ccc(N4CCC5(CCN(CC(=O)N6CC=C(c7ccc(-c8ncn(C)n8)cc7)CC6)C5)C4=O)cc23)cn1. The topological polar surface area (TPSA) is 116 Å². The molecule has 1 spiro atoms. The number of nitrogens with one attached hydrogen (secondary N) is 1. The van der Waals surface area contributed by atoms with Crippen molar-refractivity contribution in [3.63, 3.8) is 0 Å². The smallest absolute Gasteiger partial charge is 0.237 e. The molecule has 0 aliphatic carbocycles. The van der Waals surface area contributed by atoms with Gasteiger partial charge in [0.1, 0.15) is 12.0 Å². The van der Waals surface area contributed by atoms with Crippen LogP contribution in [0.5, 0.6) is 0 Å². The largest absolute Gasteiger partial charge is 0.338 e. The fourth-order valence-corrected chi connectivity index (χ4v) is 7.29. The number of pyridine rings is 1. The first-order chi connectivity index (χ1) is 22.8. The maximum Gasteiger partial charge on any atom is 0.237 e. The van der Waals surface area contributed by atoms with E-state index in [4.69, 9.17) is 0 Å². The molecule has 11 heteroatoms. The number of aryl methyl sites for hydroxylation is 2. The number of hydrogen-bond donors (Lipinski definition) is 1. The van der Waals surface area contributed by atoms with E-state index in [1.54, 1.807) is 11.0 Å². The van der Waals surface area contributed by atoms with Crippen LogP contribution in [0.2, 0.25) is 0 Å². The van der Waals surface area contributed by atoms with E-state index < -0.39 is 5.41 Å². The lowest BCUT2D eigenvalue weighted by Crippen LogP contribution is -2.43. The third kappa shape index (κ3) is 5.40. The average molecular weight is 628 g/mol. The van der Waals surface area contributed by atoms with Crippen molar-refractivity contribution < 1.29 is 9.59 Å². The summed E-state index contributed by atoms with van der Waals surface area (Å²) in [5, 5.41) is 13.0.